The Morgan fingerprint density at radius 1 is 0.774 bits per heavy atom. The van der Waals surface area contributed by atoms with Crippen LogP contribution < -0.4 is 24.0 Å². The van der Waals surface area contributed by atoms with Crippen LogP contribution in [0.1, 0.15) is 22.6 Å². The van der Waals surface area contributed by atoms with Gasteiger partial charge in [-0.1, -0.05) is 41.4 Å². The van der Waals surface area contributed by atoms with Gasteiger partial charge in [0.2, 0.25) is 0 Å². The Balaban J connectivity index is 1.52. The van der Waals surface area contributed by atoms with E-state index in [0.717, 1.165) is 15.4 Å². The summed E-state index contributed by atoms with van der Waals surface area (Å²) in [6, 6.07) is 12.3. The third-order valence-corrected chi connectivity index (χ3v) is 8.82. The molecule has 0 aromatic heterocycles. The Hall–Kier alpha value is -5.93. The van der Waals surface area contributed by atoms with Gasteiger partial charge < -0.3 is 49.5 Å². The predicted molar refractivity (Wildman–Crippen MR) is 190 cm³/mol. The fourth-order valence-electron chi connectivity index (χ4n) is 6.08. The van der Waals surface area contributed by atoms with Crippen LogP contribution in [0, 0.1) is 12.8 Å². The van der Waals surface area contributed by atoms with Crippen molar-refractivity contribution in [2.75, 3.05) is 49.2 Å². The Bertz CT molecular complexity index is 2020. The SMILES string of the molecule is Cc1ccc(N(CC(=O)O)CC(=O)O)c(OCCOc2cc(C3c4cc(Cl)c(O)cc4OC4=CC(=O)C(Cl)=CC43)ccc2N(CC(=O)O)CC(=O)O)c1. The van der Waals surface area contributed by atoms with Gasteiger partial charge in [-0.2, -0.15) is 0 Å². The zero-order valence-corrected chi connectivity index (χ0v) is 29.3. The molecule has 5 rings (SSSR count). The van der Waals surface area contributed by atoms with Gasteiger partial charge >= 0.3 is 23.9 Å². The van der Waals surface area contributed by atoms with Crippen LogP contribution in [-0.4, -0.2) is 94.6 Å². The van der Waals surface area contributed by atoms with E-state index in [-0.39, 0.29) is 63.4 Å². The van der Waals surface area contributed by atoms with E-state index in [1.807, 2.05) is 0 Å². The van der Waals surface area contributed by atoms with Crippen molar-refractivity contribution in [2.45, 2.75) is 12.8 Å². The molecule has 278 valence electrons. The number of allylic oxidation sites excluding steroid dienone is 3. The standard InChI is InChI=1S/C36H32Cl2N2O13/c1-18-2-4-24(39(14-32(43)44)15-33(45)46)30(8-18)51-6-7-52-31-9-19(3-5-25(31)40(16-34(47)48)17-35(49)50)36-20-10-22(37)26(41)12-28(20)53-29-13-27(42)23(38)11-21(29)36/h2-5,8-13,20,36,42H,6-7,14-17H2,1H3,(H,43,44)(H,45,46)(H,47,48)(H,49,50). The maximum Gasteiger partial charge on any atom is 0.323 e. The van der Waals surface area contributed by atoms with E-state index in [4.69, 9.17) is 37.4 Å². The number of carboxylic acids is 4. The normalized spacial score (nSPS) is 15.9. The summed E-state index contributed by atoms with van der Waals surface area (Å²) in [5.41, 5.74) is 2.11. The number of aromatic hydroxyl groups is 1. The molecule has 2 atom stereocenters. The van der Waals surface area contributed by atoms with Crippen LogP contribution in [0.2, 0.25) is 5.02 Å². The molecule has 0 fully saturated rings. The summed E-state index contributed by atoms with van der Waals surface area (Å²) in [4.78, 5) is 61.3. The average molecular weight is 772 g/mol. The number of hydrogen-bond donors (Lipinski definition) is 5. The molecule has 0 saturated carbocycles. The van der Waals surface area contributed by atoms with Crippen molar-refractivity contribution in [1.82, 2.24) is 0 Å². The largest absolute Gasteiger partial charge is 0.506 e. The minimum Gasteiger partial charge on any atom is -0.506 e. The molecule has 5 N–H and O–H groups in total. The summed E-state index contributed by atoms with van der Waals surface area (Å²) in [7, 11) is 0. The summed E-state index contributed by atoms with van der Waals surface area (Å²) in [5.74, 6) is -6.46. The molecule has 2 unspecified atom stereocenters. The lowest BCUT2D eigenvalue weighted by atomic mass is 9.75. The second kappa shape index (κ2) is 16.2. The Morgan fingerprint density at radius 3 is 1.85 bits per heavy atom. The van der Waals surface area contributed by atoms with E-state index in [1.165, 1.54) is 36.4 Å². The number of anilines is 2. The Labute approximate surface area is 311 Å². The van der Waals surface area contributed by atoms with Crippen molar-refractivity contribution < 1.29 is 63.7 Å². The number of carboxylic acid groups (broad SMARTS) is 4. The third-order valence-electron chi connectivity index (χ3n) is 8.21. The van der Waals surface area contributed by atoms with E-state index in [9.17, 15) is 49.5 Å². The summed E-state index contributed by atoms with van der Waals surface area (Å²) in [6.07, 6.45) is 2.77. The van der Waals surface area contributed by atoms with Crippen LogP contribution in [0.3, 0.4) is 0 Å². The fraction of sp³-hybridized carbons (Fsp3) is 0.250. The number of phenolic OH excluding ortho intramolecular Hbond substituents is 1. The first-order chi connectivity index (χ1) is 25.1. The van der Waals surface area contributed by atoms with Crippen molar-refractivity contribution in [3.05, 3.63) is 93.2 Å². The van der Waals surface area contributed by atoms with Gasteiger partial charge in [-0.25, -0.2) is 0 Å². The van der Waals surface area contributed by atoms with Crippen LogP contribution >= 0.6 is 23.2 Å². The van der Waals surface area contributed by atoms with Crippen LogP contribution in [0.4, 0.5) is 11.4 Å². The minimum atomic E-state index is -1.31. The summed E-state index contributed by atoms with van der Waals surface area (Å²) >= 11 is 12.6. The molecule has 3 aromatic carbocycles. The van der Waals surface area contributed by atoms with Gasteiger partial charge in [0.15, 0.2) is 5.78 Å². The highest BCUT2D eigenvalue weighted by Gasteiger charge is 2.39. The highest BCUT2D eigenvalue weighted by Crippen LogP contribution is 2.51. The monoisotopic (exact) mass is 770 g/mol. The van der Waals surface area contributed by atoms with Crippen LogP contribution in [0.25, 0.3) is 0 Å². The molecule has 53 heavy (non-hydrogen) atoms. The number of fused-ring (bicyclic) bond motifs is 2. The van der Waals surface area contributed by atoms with Crippen molar-refractivity contribution in [3.63, 3.8) is 0 Å². The number of hydrogen-bond acceptors (Lipinski definition) is 11. The number of halogens is 2. The Morgan fingerprint density at radius 2 is 1.30 bits per heavy atom. The van der Waals surface area contributed by atoms with E-state index in [1.54, 1.807) is 31.2 Å². The van der Waals surface area contributed by atoms with Crippen molar-refractivity contribution in [3.8, 4) is 23.0 Å². The maximum absolute atomic E-state index is 12.5. The quantitative estimate of drug-likeness (QED) is 0.127. The lowest BCUT2D eigenvalue weighted by Gasteiger charge is -2.36. The highest BCUT2D eigenvalue weighted by molar-refractivity contribution is 6.44. The smallest absolute Gasteiger partial charge is 0.323 e. The molecule has 0 radical (unpaired) electrons. The molecular weight excluding hydrogens is 739 g/mol. The van der Waals surface area contributed by atoms with Crippen LogP contribution in [0.5, 0.6) is 23.0 Å². The van der Waals surface area contributed by atoms with Gasteiger partial charge in [-0.3, -0.25) is 24.0 Å². The van der Waals surface area contributed by atoms with E-state index >= 15 is 0 Å². The second-order valence-corrected chi connectivity index (χ2v) is 12.9. The number of ketones is 1. The fourth-order valence-corrected chi connectivity index (χ4v) is 6.44. The summed E-state index contributed by atoms with van der Waals surface area (Å²) in [5, 5.41) is 48.3. The molecule has 17 heteroatoms. The number of nitrogens with zero attached hydrogens (tertiary/aromatic N) is 2. The zero-order chi connectivity index (χ0) is 38.6. The van der Waals surface area contributed by atoms with Gasteiger partial charge in [0, 0.05) is 29.5 Å². The maximum atomic E-state index is 12.5. The number of aliphatic carboxylic acids is 4. The molecule has 0 bridgehead atoms. The lowest BCUT2D eigenvalue weighted by molar-refractivity contribution is -0.138. The van der Waals surface area contributed by atoms with Crippen LogP contribution in [-0.2, 0) is 24.0 Å². The Kier molecular flexibility index (Phi) is 11.7. The lowest BCUT2D eigenvalue weighted by Crippen LogP contribution is -2.35. The van der Waals surface area contributed by atoms with Gasteiger partial charge in [0.1, 0.15) is 68.2 Å². The number of phenols is 1. The van der Waals surface area contributed by atoms with Crippen molar-refractivity contribution in [1.29, 1.82) is 0 Å². The average Bonchev–Trinajstić information content (AvgIpc) is 3.06. The van der Waals surface area contributed by atoms with Crippen LogP contribution in [0.15, 0.2) is 71.5 Å². The predicted octanol–water partition coefficient (Wildman–Crippen LogP) is 4.49. The summed E-state index contributed by atoms with van der Waals surface area (Å²) < 4.78 is 18.1. The van der Waals surface area contributed by atoms with E-state index in [2.05, 4.69) is 0 Å². The summed E-state index contributed by atoms with van der Waals surface area (Å²) in [6.45, 7) is -1.23. The first kappa shape index (κ1) is 38.3. The van der Waals surface area contributed by atoms with Gasteiger partial charge in [-0.15, -0.1) is 0 Å². The minimum absolute atomic E-state index is 0.0202. The van der Waals surface area contributed by atoms with Crippen molar-refractivity contribution in [2.24, 2.45) is 5.92 Å². The van der Waals surface area contributed by atoms with E-state index in [0.29, 0.717) is 11.1 Å². The number of carbonyl (C=O) groups is 5. The molecule has 0 saturated heterocycles. The first-order valence-electron chi connectivity index (χ1n) is 15.8. The molecule has 3 aromatic rings. The second-order valence-electron chi connectivity index (χ2n) is 12.1. The number of benzene rings is 3. The number of rotatable bonds is 16. The molecule has 0 spiro atoms. The van der Waals surface area contributed by atoms with Crippen molar-refractivity contribution >= 4 is 64.2 Å². The number of ether oxygens (including phenoxy) is 3. The van der Waals surface area contributed by atoms with Gasteiger partial charge in [0.25, 0.3) is 0 Å². The third kappa shape index (κ3) is 9.12. The molecule has 15 nitrogen and oxygen atoms in total. The van der Waals surface area contributed by atoms with Gasteiger partial charge in [0.05, 0.1) is 21.4 Å². The molecule has 0 amide bonds. The zero-order valence-electron chi connectivity index (χ0n) is 27.8. The number of carbonyl (C=O) groups excluding carboxylic acids is 1. The van der Waals surface area contributed by atoms with Gasteiger partial charge in [-0.05, 0) is 48.4 Å². The van der Waals surface area contributed by atoms with E-state index < -0.39 is 67.7 Å². The number of aryl methyl sites for hydroxylation is 1. The molecular formula is C36H32Cl2N2O13. The first-order valence-corrected chi connectivity index (χ1v) is 16.6. The topological polar surface area (TPSA) is 221 Å². The molecule has 1 aliphatic carbocycles. The molecule has 2 aliphatic rings. The molecule has 1 heterocycles. The highest BCUT2D eigenvalue weighted by atomic mass is 35.5. The molecule has 1 aliphatic heterocycles.